The van der Waals surface area contributed by atoms with Crippen molar-refractivity contribution in [2.45, 2.75) is 6.54 Å². The van der Waals surface area contributed by atoms with Crippen LogP contribution in [0.15, 0.2) is 42.9 Å². The number of aromatic amines is 1. The van der Waals surface area contributed by atoms with Gasteiger partial charge >= 0.3 is 0 Å². The lowest BCUT2D eigenvalue weighted by Crippen LogP contribution is -2.15. The van der Waals surface area contributed by atoms with E-state index in [4.69, 9.17) is 5.26 Å². The molecule has 0 atom stereocenters. The Hall–Kier alpha value is -3.67. The summed E-state index contributed by atoms with van der Waals surface area (Å²) < 4.78 is 1.79. The average molecular weight is 335 g/mol. The van der Waals surface area contributed by atoms with E-state index in [0.29, 0.717) is 5.57 Å². The number of hydrogen-bond donors (Lipinski definition) is 2. The van der Waals surface area contributed by atoms with Crippen molar-refractivity contribution >= 4 is 16.9 Å². The molecule has 0 unspecified atom stereocenters. The predicted molar refractivity (Wildman–Crippen MR) is 93.1 cm³/mol. The Bertz CT molecular complexity index is 885. The third-order valence-electron chi connectivity index (χ3n) is 3.58. The van der Waals surface area contributed by atoms with E-state index in [1.54, 1.807) is 10.9 Å². The number of allylic oxidation sites excluding steroid dienone is 1. The van der Waals surface area contributed by atoms with Crippen molar-refractivity contribution in [3.05, 3.63) is 54.2 Å². The lowest BCUT2D eigenvalue weighted by molar-refractivity contribution is 0.766. The third kappa shape index (κ3) is 4.00. The molecule has 0 saturated carbocycles. The van der Waals surface area contributed by atoms with Gasteiger partial charge in [0, 0.05) is 50.0 Å². The Morgan fingerprint density at radius 3 is 2.80 bits per heavy atom. The SMILES string of the molecule is CN(Cc1cnn(C)c1)c1ccc(NC=C(C#N)c2nn[nH]n2)cc1. The number of nitrogens with zero attached hydrogens (tertiary/aromatic N) is 7. The number of H-pyrrole nitrogens is 1. The van der Waals surface area contributed by atoms with Crippen molar-refractivity contribution in [2.24, 2.45) is 7.05 Å². The molecule has 2 N–H and O–H groups in total. The van der Waals surface area contributed by atoms with Gasteiger partial charge in [-0.3, -0.25) is 4.68 Å². The first-order valence-electron chi connectivity index (χ1n) is 7.55. The number of hydrogen-bond acceptors (Lipinski definition) is 7. The van der Waals surface area contributed by atoms with Crippen LogP contribution < -0.4 is 10.2 Å². The van der Waals surface area contributed by atoms with Crippen LogP contribution in [0.4, 0.5) is 11.4 Å². The maximum atomic E-state index is 9.14. The molecule has 2 aromatic heterocycles. The van der Waals surface area contributed by atoms with Gasteiger partial charge in [-0.1, -0.05) is 0 Å². The molecule has 126 valence electrons. The molecule has 0 aliphatic rings. The van der Waals surface area contributed by atoms with Crippen LogP contribution in [0.2, 0.25) is 0 Å². The van der Waals surface area contributed by atoms with Gasteiger partial charge in [-0.2, -0.15) is 15.6 Å². The van der Waals surface area contributed by atoms with E-state index < -0.39 is 0 Å². The molecule has 3 aromatic rings. The number of aromatic nitrogens is 6. The van der Waals surface area contributed by atoms with Gasteiger partial charge < -0.3 is 10.2 Å². The van der Waals surface area contributed by atoms with Gasteiger partial charge in [0.2, 0.25) is 5.82 Å². The zero-order valence-corrected chi connectivity index (χ0v) is 13.9. The Balaban J connectivity index is 1.65. The zero-order valence-electron chi connectivity index (χ0n) is 13.9. The maximum absolute atomic E-state index is 9.14. The summed E-state index contributed by atoms with van der Waals surface area (Å²) in [6, 6.07) is 9.93. The predicted octanol–water partition coefficient (Wildman–Crippen LogP) is 1.55. The molecule has 0 radical (unpaired) electrons. The van der Waals surface area contributed by atoms with E-state index >= 15 is 0 Å². The molecule has 0 saturated heterocycles. The molecule has 2 heterocycles. The second-order valence-corrected chi connectivity index (χ2v) is 5.47. The molecule has 0 aliphatic heterocycles. The number of benzene rings is 1. The highest BCUT2D eigenvalue weighted by Gasteiger charge is 2.06. The van der Waals surface area contributed by atoms with Gasteiger partial charge in [0.15, 0.2) is 0 Å². The van der Waals surface area contributed by atoms with Crippen LogP contribution in [-0.2, 0) is 13.6 Å². The van der Waals surface area contributed by atoms with E-state index in [-0.39, 0.29) is 5.82 Å². The molecular weight excluding hydrogens is 318 g/mol. The third-order valence-corrected chi connectivity index (χ3v) is 3.58. The number of rotatable bonds is 6. The summed E-state index contributed by atoms with van der Waals surface area (Å²) in [4.78, 5) is 2.14. The van der Waals surface area contributed by atoms with Crippen molar-refractivity contribution in [1.82, 2.24) is 30.4 Å². The van der Waals surface area contributed by atoms with Gasteiger partial charge in [0.1, 0.15) is 11.6 Å². The minimum absolute atomic E-state index is 0.253. The van der Waals surface area contributed by atoms with E-state index in [0.717, 1.165) is 23.5 Å². The van der Waals surface area contributed by atoms with Gasteiger partial charge in [0.25, 0.3) is 0 Å². The fourth-order valence-corrected chi connectivity index (χ4v) is 2.31. The van der Waals surface area contributed by atoms with Crippen molar-refractivity contribution in [3.63, 3.8) is 0 Å². The van der Waals surface area contributed by atoms with E-state index in [9.17, 15) is 0 Å². The van der Waals surface area contributed by atoms with E-state index in [2.05, 4.69) is 35.9 Å². The number of tetrazole rings is 1. The van der Waals surface area contributed by atoms with Gasteiger partial charge in [-0.25, -0.2) is 0 Å². The van der Waals surface area contributed by atoms with Crippen molar-refractivity contribution in [1.29, 1.82) is 5.26 Å². The fourth-order valence-electron chi connectivity index (χ4n) is 2.31. The number of aryl methyl sites for hydroxylation is 1. The van der Waals surface area contributed by atoms with Crippen molar-refractivity contribution in [3.8, 4) is 6.07 Å². The second-order valence-electron chi connectivity index (χ2n) is 5.47. The van der Waals surface area contributed by atoms with Gasteiger partial charge in [0.05, 0.1) is 6.20 Å². The summed E-state index contributed by atoms with van der Waals surface area (Å²) in [5.41, 5.74) is 3.38. The van der Waals surface area contributed by atoms with Crippen molar-refractivity contribution in [2.75, 3.05) is 17.3 Å². The Morgan fingerprint density at radius 2 is 2.20 bits per heavy atom. The quantitative estimate of drug-likeness (QED) is 0.657. The lowest BCUT2D eigenvalue weighted by atomic mass is 10.2. The van der Waals surface area contributed by atoms with E-state index in [1.165, 1.54) is 0 Å². The van der Waals surface area contributed by atoms with Crippen LogP contribution in [0, 0.1) is 11.3 Å². The first-order chi connectivity index (χ1) is 12.2. The number of nitriles is 1. The number of anilines is 2. The van der Waals surface area contributed by atoms with Crippen molar-refractivity contribution < 1.29 is 0 Å². The summed E-state index contributed by atoms with van der Waals surface area (Å²) in [6.07, 6.45) is 5.41. The lowest BCUT2D eigenvalue weighted by Gasteiger charge is -2.18. The summed E-state index contributed by atoms with van der Waals surface area (Å²) in [7, 11) is 3.93. The van der Waals surface area contributed by atoms with Gasteiger partial charge in [-0.05, 0) is 29.5 Å². The molecular formula is C16H17N9. The molecule has 3 rings (SSSR count). The molecule has 0 bridgehead atoms. The molecule has 9 nitrogen and oxygen atoms in total. The normalized spacial score (nSPS) is 11.2. The molecule has 0 spiro atoms. The van der Waals surface area contributed by atoms with E-state index in [1.807, 2.05) is 56.8 Å². The Kier molecular flexibility index (Phi) is 4.71. The maximum Gasteiger partial charge on any atom is 0.216 e. The zero-order chi connectivity index (χ0) is 17.6. The molecule has 1 aromatic carbocycles. The summed E-state index contributed by atoms with van der Waals surface area (Å²) >= 11 is 0. The minimum Gasteiger partial charge on any atom is -0.370 e. The minimum atomic E-state index is 0.253. The second kappa shape index (κ2) is 7.27. The Labute approximate surface area is 144 Å². The van der Waals surface area contributed by atoms with Crippen LogP contribution in [-0.4, -0.2) is 37.5 Å². The fraction of sp³-hybridized carbons (Fsp3) is 0.188. The van der Waals surface area contributed by atoms with Crippen LogP contribution in [0.25, 0.3) is 5.57 Å². The topological polar surface area (TPSA) is 111 Å². The highest BCUT2D eigenvalue weighted by molar-refractivity contribution is 5.74. The van der Waals surface area contributed by atoms with Crippen LogP contribution in [0.3, 0.4) is 0 Å². The largest absolute Gasteiger partial charge is 0.370 e. The molecule has 0 fully saturated rings. The molecule has 9 heteroatoms. The molecule has 0 aliphatic carbocycles. The highest BCUT2D eigenvalue weighted by Crippen LogP contribution is 2.19. The van der Waals surface area contributed by atoms with Gasteiger partial charge in [-0.15, -0.1) is 10.2 Å². The standard InChI is InChI=1S/C16H17N9/c1-24(10-12-8-19-25(2)11-12)15-5-3-14(4-6-15)18-9-13(7-17)16-20-22-23-21-16/h3-6,8-9,11,18H,10H2,1-2H3,(H,20,21,22,23). The summed E-state index contributed by atoms with van der Waals surface area (Å²) in [5, 5.41) is 29.7. The average Bonchev–Trinajstić information content (AvgIpc) is 3.28. The molecule has 25 heavy (non-hydrogen) atoms. The highest BCUT2D eigenvalue weighted by atomic mass is 15.5. The first-order valence-corrected chi connectivity index (χ1v) is 7.55. The van der Waals surface area contributed by atoms with Crippen LogP contribution >= 0.6 is 0 Å². The van der Waals surface area contributed by atoms with Crippen LogP contribution in [0.5, 0.6) is 0 Å². The summed E-state index contributed by atoms with van der Waals surface area (Å²) in [6.45, 7) is 0.775. The summed E-state index contributed by atoms with van der Waals surface area (Å²) in [5.74, 6) is 0.253. The number of nitrogens with one attached hydrogen (secondary N) is 2. The monoisotopic (exact) mass is 335 g/mol. The first kappa shape index (κ1) is 16.2. The van der Waals surface area contributed by atoms with Crippen LogP contribution in [0.1, 0.15) is 11.4 Å². The Morgan fingerprint density at radius 1 is 1.40 bits per heavy atom. The smallest absolute Gasteiger partial charge is 0.216 e. The molecule has 0 amide bonds.